The Balaban J connectivity index is 1.09. The van der Waals surface area contributed by atoms with E-state index in [-0.39, 0.29) is 0 Å². The lowest BCUT2D eigenvalue weighted by molar-refractivity contribution is 1.48. The van der Waals surface area contributed by atoms with Gasteiger partial charge in [-0.05, 0) is 152 Å². The van der Waals surface area contributed by atoms with Crippen molar-refractivity contribution >= 4 is 119 Å². The van der Waals surface area contributed by atoms with Gasteiger partial charge in [0.2, 0.25) is 0 Å². The molecule has 0 saturated carbocycles. The zero-order valence-corrected chi connectivity index (χ0v) is 35.7. The first-order valence-corrected chi connectivity index (χ1v) is 23.5. The van der Waals surface area contributed by atoms with Crippen molar-refractivity contribution in [2.24, 2.45) is 0 Å². The molecule has 0 bridgehead atoms. The number of thiazole rings is 2. The molecule has 0 atom stereocenters. The van der Waals surface area contributed by atoms with Gasteiger partial charge in [0, 0.05) is 27.6 Å². The highest BCUT2D eigenvalue weighted by Crippen LogP contribution is 2.61. The van der Waals surface area contributed by atoms with Gasteiger partial charge in [0.1, 0.15) is 10.0 Å². The average Bonchev–Trinajstić information content (AvgIpc) is 4.13. The molecule has 292 valence electrons. The summed E-state index contributed by atoms with van der Waals surface area (Å²) in [5.74, 6) is 0. The summed E-state index contributed by atoms with van der Waals surface area (Å²) in [5, 5.41) is 19.9. The van der Waals surface area contributed by atoms with Crippen molar-refractivity contribution in [2.75, 3.05) is 0 Å². The van der Waals surface area contributed by atoms with Crippen LogP contribution in [0, 0.1) is 0 Å². The zero-order chi connectivity index (χ0) is 41.4. The van der Waals surface area contributed by atoms with Crippen LogP contribution < -0.4 is 0 Å². The molecule has 12 aromatic carbocycles. The fourth-order valence-electron chi connectivity index (χ4n) is 11.7. The molecule has 14 aromatic rings. The standard InChI is InChI=1S/C60H30N2S2/c1-3-13-34-31(11-1)28-46-44-27-33-23-24-40-36(43(33)30-45(44)39-17-9-15-37(34)52(39)46)25-26-42-54(40)58(60-62-49-20-6-8-22-51(49)64-60)55-41-18-10-16-38-35-14-4-2-12-32(35)29-47(53(38)41)56(55)57(42)59-61-48-19-5-7-21-50(48)63-59/h1-30H. The first kappa shape index (κ1) is 33.8. The van der Waals surface area contributed by atoms with Crippen LogP contribution in [0.1, 0.15) is 0 Å². The second-order valence-electron chi connectivity index (χ2n) is 17.5. The maximum absolute atomic E-state index is 5.52. The first-order valence-electron chi connectivity index (χ1n) is 21.9. The van der Waals surface area contributed by atoms with E-state index in [0.29, 0.717) is 0 Å². The number of para-hydroxylation sites is 2. The molecule has 0 spiro atoms. The second-order valence-corrected chi connectivity index (χ2v) is 19.5. The molecule has 0 radical (unpaired) electrons. The topological polar surface area (TPSA) is 25.8 Å². The highest BCUT2D eigenvalue weighted by molar-refractivity contribution is 7.22. The Morgan fingerprint density at radius 1 is 0.266 bits per heavy atom. The van der Waals surface area contributed by atoms with Crippen molar-refractivity contribution < 1.29 is 0 Å². The predicted molar refractivity (Wildman–Crippen MR) is 275 cm³/mol. The fraction of sp³-hybridized carbons (Fsp3) is 0. The first-order chi connectivity index (χ1) is 31.7. The average molecular weight is 843 g/mol. The van der Waals surface area contributed by atoms with Gasteiger partial charge in [0.15, 0.2) is 0 Å². The maximum atomic E-state index is 5.52. The molecule has 2 nitrogen and oxygen atoms in total. The molecule has 64 heavy (non-hydrogen) atoms. The monoisotopic (exact) mass is 842 g/mol. The summed E-state index contributed by atoms with van der Waals surface area (Å²) in [6.45, 7) is 0. The Morgan fingerprint density at radius 2 is 0.766 bits per heavy atom. The van der Waals surface area contributed by atoms with Crippen LogP contribution in [0.2, 0.25) is 0 Å². The highest BCUT2D eigenvalue weighted by Gasteiger charge is 2.34. The van der Waals surface area contributed by atoms with Gasteiger partial charge in [-0.1, -0.05) is 133 Å². The van der Waals surface area contributed by atoms with Crippen molar-refractivity contribution in [3.63, 3.8) is 0 Å². The van der Waals surface area contributed by atoms with Gasteiger partial charge in [-0.2, -0.15) is 0 Å². The van der Waals surface area contributed by atoms with Crippen LogP contribution in [0.3, 0.4) is 0 Å². The SMILES string of the molecule is c1ccc2c(c1)cc1c3c(cccc32)-c2cc3c(ccc4c3ccc3c(-c5nc6ccccc6s5)c5c(c(-c6nc7ccccc7s6)c34)-c3cccc4c3c-5cc3ccccc34)cc2-1. The minimum absolute atomic E-state index is 1.03. The molecule has 0 unspecified atom stereocenters. The van der Waals surface area contributed by atoms with E-state index in [1.807, 2.05) is 0 Å². The van der Waals surface area contributed by atoms with E-state index in [9.17, 15) is 0 Å². The van der Waals surface area contributed by atoms with Crippen LogP contribution in [0.4, 0.5) is 0 Å². The molecule has 2 heterocycles. The van der Waals surface area contributed by atoms with E-state index < -0.39 is 0 Å². The summed E-state index contributed by atoms with van der Waals surface area (Å²) >= 11 is 3.60. The Bertz CT molecular complexity index is 4430. The van der Waals surface area contributed by atoms with Gasteiger partial charge in [-0.3, -0.25) is 0 Å². The third kappa shape index (κ3) is 4.25. The molecule has 16 rings (SSSR count). The second kappa shape index (κ2) is 12.0. The van der Waals surface area contributed by atoms with Crippen LogP contribution in [0.25, 0.3) is 161 Å². The van der Waals surface area contributed by atoms with E-state index in [2.05, 4.69) is 182 Å². The molecule has 0 aliphatic heterocycles. The fourth-order valence-corrected chi connectivity index (χ4v) is 13.8. The summed E-state index contributed by atoms with van der Waals surface area (Å²) in [6, 6.07) is 68.0. The number of rotatable bonds is 2. The molecule has 0 saturated heterocycles. The lowest BCUT2D eigenvalue weighted by Gasteiger charge is -2.20. The Labute approximate surface area is 374 Å². The Hall–Kier alpha value is -7.76. The van der Waals surface area contributed by atoms with Crippen LogP contribution in [-0.2, 0) is 0 Å². The summed E-state index contributed by atoms with van der Waals surface area (Å²) in [7, 11) is 0. The van der Waals surface area contributed by atoms with E-state index in [1.165, 1.54) is 140 Å². The van der Waals surface area contributed by atoms with Crippen LogP contribution in [0.5, 0.6) is 0 Å². The molecule has 2 aromatic heterocycles. The van der Waals surface area contributed by atoms with Crippen molar-refractivity contribution in [1.82, 2.24) is 9.97 Å². The number of fused-ring (bicyclic) bond motifs is 17. The van der Waals surface area contributed by atoms with Crippen LogP contribution >= 0.6 is 22.7 Å². The lowest BCUT2D eigenvalue weighted by atomic mass is 9.84. The Kier molecular flexibility index (Phi) is 6.35. The van der Waals surface area contributed by atoms with Crippen molar-refractivity contribution in [1.29, 1.82) is 0 Å². The largest absolute Gasteiger partial charge is 0.236 e. The van der Waals surface area contributed by atoms with Gasteiger partial charge in [-0.25, -0.2) is 9.97 Å². The van der Waals surface area contributed by atoms with E-state index in [1.54, 1.807) is 22.7 Å². The molecular weight excluding hydrogens is 813 g/mol. The van der Waals surface area contributed by atoms with E-state index >= 15 is 0 Å². The van der Waals surface area contributed by atoms with Crippen molar-refractivity contribution in [2.45, 2.75) is 0 Å². The molecular formula is C60H30N2S2. The van der Waals surface area contributed by atoms with Crippen LogP contribution in [0.15, 0.2) is 182 Å². The number of aromatic nitrogens is 2. The normalized spacial score (nSPS) is 12.7. The number of nitrogens with zero attached hydrogens (tertiary/aromatic N) is 2. The molecule has 0 amide bonds. The van der Waals surface area contributed by atoms with Crippen LogP contribution in [-0.4, -0.2) is 9.97 Å². The minimum atomic E-state index is 1.03. The minimum Gasteiger partial charge on any atom is -0.236 e. The van der Waals surface area contributed by atoms with Gasteiger partial charge < -0.3 is 0 Å². The molecule has 0 N–H and O–H groups in total. The third-order valence-corrected chi connectivity index (χ3v) is 16.4. The molecule has 4 heteroatoms. The summed E-state index contributed by atoms with van der Waals surface area (Å²) in [4.78, 5) is 11.0. The molecule has 2 aliphatic carbocycles. The van der Waals surface area contributed by atoms with Gasteiger partial charge in [0.25, 0.3) is 0 Å². The van der Waals surface area contributed by atoms with Gasteiger partial charge in [0.05, 0.1) is 20.4 Å². The highest BCUT2D eigenvalue weighted by atomic mass is 32.1. The molecule has 0 fully saturated rings. The summed E-state index contributed by atoms with van der Waals surface area (Å²) in [6.07, 6.45) is 0. The number of hydrogen-bond donors (Lipinski definition) is 0. The quantitative estimate of drug-likeness (QED) is 0.162. The summed E-state index contributed by atoms with van der Waals surface area (Å²) < 4.78 is 2.38. The number of benzene rings is 12. The zero-order valence-electron chi connectivity index (χ0n) is 34.0. The number of hydrogen-bond acceptors (Lipinski definition) is 4. The van der Waals surface area contributed by atoms with Crippen molar-refractivity contribution in [3.8, 4) is 65.6 Å². The van der Waals surface area contributed by atoms with Crippen molar-refractivity contribution in [3.05, 3.63) is 182 Å². The summed E-state index contributed by atoms with van der Waals surface area (Å²) in [5.41, 5.74) is 14.8. The lowest BCUT2D eigenvalue weighted by Crippen LogP contribution is -1.94. The third-order valence-electron chi connectivity index (χ3n) is 14.3. The van der Waals surface area contributed by atoms with Gasteiger partial charge in [-0.15, -0.1) is 22.7 Å². The smallest absolute Gasteiger partial charge is 0.125 e. The van der Waals surface area contributed by atoms with E-state index in [0.717, 1.165) is 21.0 Å². The maximum Gasteiger partial charge on any atom is 0.125 e. The predicted octanol–water partition coefficient (Wildman–Crippen LogP) is 17.6. The molecule has 2 aliphatic rings. The Morgan fingerprint density at radius 3 is 1.48 bits per heavy atom. The van der Waals surface area contributed by atoms with Gasteiger partial charge >= 0.3 is 0 Å². The van der Waals surface area contributed by atoms with E-state index in [4.69, 9.17) is 9.97 Å².